The van der Waals surface area contributed by atoms with Crippen molar-refractivity contribution >= 4 is 70.1 Å². The van der Waals surface area contributed by atoms with Crippen molar-refractivity contribution in [2.75, 3.05) is 13.1 Å². The number of carbonyl (C=O) groups excluding carboxylic acids is 8. The molecule has 3 aromatic carbocycles. The molecular formula is C55H73N13O10. The van der Waals surface area contributed by atoms with E-state index in [0.717, 1.165) is 22.0 Å². The lowest BCUT2D eigenvalue weighted by Gasteiger charge is -2.43. The van der Waals surface area contributed by atoms with E-state index in [0.29, 0.717) is 48.9 Å². The van der Waals surface area contributed by atoms with Crippen molar-refractivity contribution in [3.8, 4) is 0 Å². The lowest BCUT2D eigenvalue weighted by Crippen LogP contribution is -2.63. The number of H-pyrrole nitrogens is 1. The molecule has 3 heterocycles. The van der Waals surface area contributed by atoms with Crippen LogP contribution >= 0.6 is 0 Å². The highest BCUT2D eigenvalue weighted by molar-refractivity contribution is 5.99. The highest BCUT2D eigenvalue weighted by Crippen LogP contribution is 2.30. The first kappa shape index (κ1) is 58.9. The summed E-state index contributed by atoms with van der Waals surface area (Å²) in [6.45, 7) is 3.32. The molecule has 0 bridgehead atoms. The summed E-state index contributed by atoms with van der Waals surface area (Å²) < 4.78 is 0. The van der Waals surface area contributed by atoms with Crippen LogP contribution in [0.5, 0.6) is 0 Å². The van der Waals surface area contributed by atoms with Crippen molar-refractivity contribution in [2.24, 2.45) is 27.9 Å². The normalized spacial score (nSPS) is 16.7. The molecule has 2 aliphatic heterocycles. The number of hydrogen-bond donors (Lipinski definition) is 11. The topological polar surface area (TPSA) is 373 Å². The summed E-state index contributed by atoms with van der Waals surface area (Å²) in [7, 11) is 0. The Balaban J connectivity index is 1.33. The Morgan fingerprint density at radius 3 is 1.82 bits per heavy atom. The maximum Gasteiger partial charge on any atom is 0.305 e. The van der Waals surface area contributed by atoms with Crippen LogP contribution in [0.2, 0.25) is 0 Å². The number of nitrogens with two attached hydrogens (primary N) is 4. The fraction of sp³-hybridized carbons (Fsp3) is 0.455. The second-order valence-electron chi connectivity index (χ2n) is 19.8. The number of carboxylic acid groups (broad SMARTS) is 1. The van der Waals surface area contributed by atoms with Gasteiger partial charge in [-0.2, -0.15) is 0 Å². The van der Waals surface area contributed by atoms with Gasteiger partial charge in [0.15, 0.2) is 5.96 Å². The van der Waals surface area contributed by atoms with Crippen molar-refractivity contribution in [1.82, 2.24) is 41.4 Å². The highest BCUT2D eigenvalue weighted by Gasteiger charge is 2.45. The van der Waals surface area contributed by atoms with Crippen molar-refractivity contribution in [3.05, 3.63) is 107 Å². The number of primary amides is 1. The molecule has 1 aromatic heterocycles. The molecule has 6 rings (SSSR count). The molecule has 0 fully saturated rings. The van der Waals surface area contributed by atoms with Crippen LogP contribution in [0, 0.1) is 0 Å². The van der Waals surface area contributed by atoms with Gasteiger partial charge in [-0.15, -0.1) is 0 Å². The SMILES string of the molecule is CCCC[C@H](NC(C)=O)C(=O)N[C@@H](CC(=O)O)C(=O)N1Cc2ccccc2C[C@H]1C(=O)N1Cc2ccccc2C[C@@H]1C(=O)N[C@@H](CCCN=C(N)N)C(=O)N[C@@H](Cc1c[nH]c2ccccc12)C(=O)N[C@@H](CCCCN)C(N)=O. The lowest BCUT2D eigenvalue weighted by molar-refractivity contribution is -0.154. The molecule has 78 heavy (non-hydrogen) atoms. The molecule has 0 aliphatic carbocycles. The van der Waals surface area contributed by atoms with Crippen LogP contribution < -0.4 is 49.5 Å². The third kappa shape index (κ3) is 15.9. The Morgan fingerprint density at radius 1 is 0.654 bits per heavy atom. The first-order valence-corrected chi connectivity index (χ1v) is 26.4. The largest absolute Gasteiger partial charge is 0.481 e. The molecule has 418 valence electrons. The van der Waals surface area contributed by atoms with Gasteiger partial charge in [0.1, 0.15) is 42.3 Å². The predicted molar refractivity (Wildman–Crippen MR) is 290 cm³/mol. The Labute approximate surface area is 452 Å². The molecule has 7 atom stereocenters. The fourth-order valence-corrected chi connectivity index (χ4v) is 10.0. The zero-order valence-electron chi connectivity index (χ0n) is 44.1. The van der Waals surface area contributed by atoms with Gasteiger partial charge in [-0.25, -0.2) is 0 Å². The number of fused-ring (bicyclic) bond motifs is 3. The third-order valence-electron chi connectivity index (χ3n) is 14.1. The Bertz CT molecular complexity index is 2850. The van der Waals surface area contributed by atoms with Crippen molar-refractivity contribution < 1.29 is 48.3 Å². The molecule has 0 unspecified atom stereocenters. The van der Waals surface area contributed by atoms with E-state index < -0.39 is 102 Å². The summed E-state index contributed by atoms with van der Waals surface area (Å²) in [5.41, 5.74) is 27.0. The second-order valence-corrected chi connectivity index (χ2v) is 19.8. The number of amides is 8. The lowest BCUT2D eigenvalue weighted by atomic mass is 9.89. The average Bonchev–Trinajstić information content (AvgIpc) is 3.88. The van der Waals surface area contributed by atoms with Gasteiger partial charge < -0.3 is 69.4 Å². The molecular weight excluding hydrogens is 1000 g/mol. The maximum atomic E-state index is 15.5. The van der Waals surface area contributed by atoms with Crippen LogP contribution in [0.1, 0.15) is 99.5 Å². The number of rotatable bonds is 27. The fourth-order valence-electron chi connectivity index (χ4n) is 10.0. The first-order valence-electron chi connectivity index (χ1n) is 26.4. The van der Waals surface area contributed by atoms with Crippen LogP contribution in [-0.2, 0) is 75.5 Å². The Kier molecular flexibility index (Phi) is 21.3. The Hall–Kier alpha value is -8.34. The second kappa shape index (κ2) is 28.2. The van der Waals surface area contributed by atoms with Crippen LogP contribution in [0.15, 0.2) is 84.0 Å². The number of aliphatic imine (C=N–C) groups is 1. The highest BCUT2D eigenvalue weighted by atomic mass is 16.4. The summed E-state index contributed by atoms with van der Waals surface area (Å²) in [6.07, 6.45) is 3.63. The van der Waals surface area contributed by atoms with Crippen LogP contribution in [0.3, 0.4) is 0 Å². The van der Waals surface area contributed by atoms with E-state index >= 15 is 9.59 Å². The van der Waals surface area contributed by atoms with Gasteiger partial charge in [-0.1, -0.05) is 86.5 Å². The molecule has 0 saturated heterocycles. The number of carboxylic acids is 1. The number of carbonyl (C=O) groups is 9. The monoisotopic (exact) mass is 1080 g/mol. The summed E-state index contributed by atoms with van der Waals surface area (Å²) in [4.78, 5) is 135. The van der Waals surface area contributed by atoms with Gasteiger partial charge in [0.25, 0.3) is 0 Å². The molecule has 23 heteroatoms. The number of para-hydroxylation sites is 1. The average molecular weight is 1080 g/mol. The molecule has 23 nitrogen and oxygen atoms in total. The number of nitrogens with zero attached hydrogens (tertiary/aromatic N) is 3. The van der Waals surface area contributed by atoms with Gasteiger partial charge in [0.05, 0.1) is 6.42 Å². The van der Waals surface area contributed by atoms with Gasteiger partial charge in [0.2, 0.25) is 47.3 Å². The van der Waals surface area contributed by atoms with E-state index in [1.165, 1.54) is 16.7 Å². The quantitative estimate of drug-likeness (QED) is 0.0219. The predicted octanol–water partition coefficient (Wildman–Crippen LogP) is 0.394. The van der Waals surface area contributed by atoms with Gasteiger partial charge in [-0.3, -0.25) is 48.1 Å². The van der Waals surface area contributed by atoms with E-state index in [4.69, 9.17) is 22.9 Å². The van der Waals surface area contributed by atoms with Crippen LogP contribution in [0.4, 0.5) is 0 Å². The number of unbranched alkanes of at least 4 members (excludes halogenated alkanes) is 2. The molecule has 0 radical (unpaired) electrons. The number of guanidine groups is 1. The van der Waals surface area contributed by atoms with Crippen molar-refractivity contribution in [3.63, 3.8) is 0 Å². The number of hydrogen-bond acceptors (Lipinski definition) is 11. The molecule has 8 amide bonds. The molecule has 4 aromatic rings. The summed E-state index contributed by atoms with van der Waals surface area (Å²) in [5, 5.41) is 24.4. The van der Waals surface area contributed by atoms with Crippen molar-refractivity contribution in [2.45, 2.75) is 146 Å². The van der Waals surface area contributed by atoms with Crippen LogP contribution in [0.25, 0.3) is 10.9 Å². The van der Waals surface area contributed by atoms with E-state index in [9.17, 15) is 38.7 Å². The zero-order valence-corrected chi connectivity index (χ0v) is 44.1. The minimum Gasteiger partial charge on any atom is -0.481 e. The van der Waals surface area contributed by atoms with Crippen LogP contribution in [-0.4, -0.2) is 134 Å². The van der Waals surface area contributed by atoms with E-state index in [1.807, 2.05) is 49.4 Å². The summed E-state index contributed by atoms with van der Waals surface area (Å²) in [5.74, 6) is -7.39. The first-order chi connectivity index (χ1) is 37.4. The number of benzene rings is 3. The van der Waals surface area contributed by atoms with E-state index in [2.05, 4.69) is 36.6 Å². The standard InChI is InChI=1S/C55H73N13O10/c1-3-4-19-41(62-32(2)69)49(73)66-44(28-47(70)71)53(77)68-31-36-17-8-6-15-34(36)27-46(68)54(78)67-30-35-16-7-5-14-33(35)26-45(67)52(76)64-42(22-13-24-60-55(58)59)50(74)65-43(25-37-29-61-39-20-10-9-18-38(37)39)51(75)63-40(48(57)72)21-11-12-23-56/h5-10,14-18,20,29,40-46,61H,3-4,11-13,19,21-28,30-31,56H2,1-2H3,(H2,57,72)(H,62,69)(H,63,75)(H,64,76)(H,65,74)(H,66,73)(H,70,71)(H4,58,59,60)/t40-,41-,42-,43-,44-,45+,46-/m0/s1. The van der Waals surface area contributed by atoms with Gasteiger partial charge in [0, 0.05) is 62.9 Å². The number of nitrogens with one attached hydrogen (secondary N) is 6. The number of aromatic amines is 1. The number of aliphatic carboxylic acids is 1. The summed E-state index contributed by atoms with van der Waals surface area (Å²) >= 11 is 0. The number of aromatic nitrogens is 1. The van der Waals surface area contributed by atoms with Gasteiger partial charge in [-0.05, 0) is 79.0 Å². The molecule has 0 saturated carbocycles. The molecule has 15 N–H and O–H groups in total. The minimum atomic E-state index is -1.66. The van der Waals surface area contributed by atoms with E-state index in [1.54, 1.807) is 36.5 Å². The Morgan fingerprint density at radius 2 is 1.21 bits per heavy atom. The van der Waals surface area contributed by atoms with Crippen molar-refractivity contribution in [1.29, 1.82) is 0 Å². The molecule has 2 aliphatic rings. The maximum absolute atomic E-state index is 15.5. The van der Waals surface area contributed by atoms with Gasteiger partial charge >= 0.3 is 5.97 Å². The van der Waals surface area contributed by atoms with E-state index in [-0.39, 0.29) is 70.5 Å². The minimum absolute atomic E-state index is 0.0163. The third-order valence-corrected chi connectivity index (χ3v) is 14.1. The molecule has 0 spiro atoms. The zero-order chi connectivity index (χ0) is 56.5. The smallest absolute Gasteiger partial charge is 0.305 e. The summed E-state index contributed by atoms with van der Waals surface area (Å²) in [6, 6.07) is 12.7.